The summed E-state index contributed by atoms with van der Waals surface area (Å²) in [5.41, 5.74) is 2.65. The van der Waals surface area contributed by atoms with E-state index in [1.165, 1.54) is 23.9 Å². The first-order valence-electron chi connectivity index (χ1n) is 9.50. The van der Waals surface area contributed by atoms with Crippen LogP contribution < -0.4 is 0 Å². The summed E-state index contributed by atoms with van der Waals surface area (Å²) in [5.74, 6) is -0.144. The molecule has 0 saturated carbocycles. The molecule has 4 aromatic rings. The lowest BCUT2D eigenvalue weighted by Crippen LogP contribution is -1.92. The molecule has 0 unspecified atom stereocenters. The highest BCUT2D eigenvalue weighted by molar-refractivity contribution is 7.99. The van der Waals surface area contributed by atoms with Crippen LogP contribution in [0.1, 0.15) is 16.8 Å². The quantitative estimate of drug-likeness (QED) is 0.232. The SMILES string of the molecule is Cc1ccc(Sc2ccc(C=Cc3ccc4c(Cl)cc(Cl)c(O)c4n3)cc2[N+](=O)[O-])cc1. The van der Waals surface area contributed by atoms with Gasteiger partial charge < -0.3 is 5.11 Å². The molecule has 0 aliphatic carbocycles. The van der Waals surface area contributed by atoms with Crippen LogP contribution in [0.25, 0.3) is 23.1 Å². The molecule has 8 heteroatoms. The van der Waals surface area contributed by atoms with Crippen LogP contribution in [-0.2, 0) is 0 Å². The Balaban J connectivity index is 1.64. The van der Waals surface area contributed by atoms with Gasteiger partial charge in [-0.25, -0.2) is 4.98 Å². The minimum absolute atomic E-state index is 0.0282. The highest BCUT2D eigenvalue weighted by Gasteiger charge is 2.15. The third-order valence-electron chi connectivity index (χ3n) is 4.75. The average molecular weight is 483 g/mol. The number of phenolic OH excluding ortho intramolecular Hbond substituents is 1. The van der Waals surface area contributed by atoms with Crippen LogP contribution in [0, 0.1) is 17.0 Å². The number of hydrogen-bond donors (Lipinski definition) is 1. The lowest BCUT2D eigenvalue weighted by molar-refractivity contribution is -0.387. The molecule has 0 aliphatic rings. The number of aromatic hydroxyl groups is 1. The zero-order chi connectivity index (χ0) is 22.8. The number of nitro benzene ring substituents is 1. The number of benzene rings is 3. The molecular formula is C24H16Cl2N2O3S. The van der Waals surface area contributed by atoms with E-state index < -0.39 is 0 Å². The Labute approximate surface area is 198 Å². The summed E-state index contributed by atoms with van der Waals surface area (Å²) in [6, 6.07) is 17.9. The maximum Gasteiger partial charge on any atom is 0.283 e. The summed E-state index contributed by atoms with van der Waals surface area (Å²) in [6.07, 6.45) is 3.43. The molecule has 4 rings (SSSR count). The normalized spacial score (nSPS) is 11.3. The first-order valence-corrected chi connectivity index (χ1v) is 11.1. The average Bonchev–Trinajstić information content (AvgIpc) is 2.78. The van der Waals surface area contributed by atoms with Gasteiger partial charge in [-0.05, 0) is 55.0 Å². The monoisotopic (exact) mass is 482 g/mol. The van der Waals surface area contributed by atoms with Gasteiger partial charge in [0.25, 0.3) is 5.69 Å². The molecule has 1 heterocycles. The number of hydrogen-bond acceptors (Lipinski definition) is 5. The van der Waals surface area contributed by atoms with Crippen molar-refractivity contribution in [3.8, 4) is 5.75 Å². The highest BCUT2D eigenvalue weighted by atomic mass is 35.5. The summed E-state index contributed by atoms with van der Waals surface area (Å²) < 4.78 is 0. The van der Waals surface area contributed by atoms with E-state index in [1.807, 2.05) is 37.3 Å². The van der Waals surface area contributed by atoms with E-state index in [0.717, 1.165) is 10.5 Å². The summed E-state index contributed by atoms with van der Waals surface area (Å²) in [6.45, 7) is 1.99. The first-order chi connectivity index (χ1) is 15.3. The number of phenols is 1. The van der Waals surface area contributed by atoms with Crippen LogP contribution in [0.5, 0.6) is 5.75 Å². The molecule has 0 fully saturated rings. The van der Waals surface area contributed by atoms with Gasteiger partial charge in [-0.2, -0.15) is 0 Å². The molecule has 0 radical (unpaired) electrons. The Morgan fingerprint density at radius 3 is 2.47 bits per heavy atom. The second-order valence-corrected chi connectivity index (χ2v) is 8.98. The zero-order valence-electron chi connectivity index (χ0n) is 16.8. The number of pyridine rings is 1. The number of aryl methyl sites for hydroxylation is 1. The Kier molecular flexibility index (Phi) is 6.37. The molecule has 0 saturated heterocycles. The molecule has 0 bridgehead atoms. The number of rotatable bonds is 5. The Morgan fingerprint density at radius 2 is 1.75 bits per heavy atom. The predicted molar refractivity (Wildman–Crippen MR) is 131 cm³/mol. The second-order valence-electron chi connectivity index (χ2n) is 7.05. The van der Waals surface area contributed by atoms with Gasteiger partial charge in [0.15, 0.2) is 5.75 Å². The summed E-state index contributed by atoms with van der Waals surface area (Å²) >= 11 is 13.5. The van der Waals surface area contributed by atoms with Gasteiger partial charge >= 0.3 is 0 Å². The van der Waals surface area contributed by atoms with Gasteiger partial charge in [0.2, 0.25) is 0 Å². The van der Waals surface area contributed by atoms with Crippen LogP contribution in [0.3, 0.4) is 0 Å². The van der Waals surface area contributed by atoms with Crippen molar-refractivity contribution in [2.75, 3.05) is 0 Å². The lowest BCUT2D eigenvalue weighted by atomic mass is 10.1. The fourth-order valence-corrected chi connectivity index (χ4v) is 4.51. The van der Waals surface area contributed by atoms with E-state index in [9.17, 15) is 15.2 Å². The van der Waals surface area contributed by atoms with E-state index in [0.29, 0.717) is 32.1 Å². The van der Waals surface area contributed by atoms with Crippen LogP contribution >= 0.6 is 35.0 Å². The molecule has 1 aromatic heterocycles. The number of fused-ring (bicyclic) bond motifs is 1. The van der Waals surface area contributed by atoms with Crippen molar-refractivity contribution < 1.29 is 10.0 Å². The maximum atomic E-state index is 11.6. The van der Waals surface area contributed by atoms with E-state index in [2.05, 4.69) is 4.98 Å². The van der Waals surface area contributed by atoms with Crippen molar-refractivity contribution in [2.45, 2.75) is 16.7 Å². The first kappa shape index (κ1) is 22.1. The third kappa shape index (κ3) is 4.72. The number of nitrogens with zero attached hydrogens (tertiary/aromatic N) is 2. The van der Waals surface area contributed by atoms with Crippen LogP contribution in [0.2, 0.25) is 10.0 Å². The third-order valence-corrected chi connectivity index (χ3v) is 6.43. The van der Waals surface area contributed by atoms with Crippen molar-refractivity contribution in [3.05, 3.63) is 97.6 Å². The minimum atomic E-state index is -0.385. The summed E-state index contributed by atoms with van der Waals surface area (Å²) in [7, 11) is 0. The standard InChI is InChI=1S/C24H16Cl2N2O3S/c1-14-2-8-17(9-3-14)32-22-11-5-15(12-21(22)28(30)31)4-6-16-7-10-18-19(25)13-20(26)24(29)23(18)27-16/h2-13,29H,1H3. The number of aromatic nitrogens is 1. The van der Waals surface area contributed by atoms with Crippen molar-refractivity contribution in [1.29, 1.82) is 0 Å². The van der Waals surface area contributed by atoms with E-state index in [4.69, 9.17) is 23.2 Å². The van der Waals surface area contributed by atoms with Crippen LogP contribution in [-0.4, -0.2) is 15.0 Å². The number of nitro groups is 1. The molecule has 160 valence electrons. The van der Waals surface area contributed by atoms with Crippen molar-refractivity contribution in [1.82, 2.24) is 4.98 Å². The fourth-order valence-electron chi connectivity index (χ4n) is 3.09. The largest absolute Gasteiger partial charge is 0.504 e. The summed E-state index contributed by atoms with van der Waals surface area (Å²) in [4.78, 5) is 17.2. The van der Waals surface area contributed by atoms with E-state index >= 15 is 0 Å². The molecule has 3 aromatic carbocycles. The molecular weight excluding hydrogens is 467 g/mol. The van der Waals surface area contributed by atoms with Crippen LogP contribution in [0.15, 0.2) is 70.5 Å². The highest BCUT2D eigenvalue weighted by Crippen LogP contribution is 2.37. The van der Waals surface area contributed by atoms with Gasteiger partial charge in [-0.1, -0.05) is 64.8 Å². The topological polar surface area (TPSA) is 76.3 Å². The summed E-state index contributed by atoms with van der Waals surface area (Å²) in [5, 5.41) is 22.9. The van der Waals surface area contributed by atoms with Gasteiger partial charge in [0, 0.05) is 16.3 Å². The Bertz CT molecular complexity index is 1370. The molecule has 0 aliphatic heterocycles. The fraction of sp³-hybridized carbons (Fsp3) is 0.0417. The van der Waals surface area contributed by atoms with Crippen LogP contribution in [0.4, 0.5) is 5.69 Å². The van der Waals surface area contributed by atoms with Gasteiger partial charge in [-0.3, -0.25) is 10.1 Å². The smallest absolute Gasteiger partial charge is 0.283 e. The van der Waals surface area contributed by atoms with Crippen molar-refractivity contribution in [3.63, 3.8) is 0 Å². The van der Waals surface area contributed by atoms with Gasteiger partial charge in [-0.15, -0.1) is 0 Å². The molecule has 0 atom stereocenters. The van der Waals surface area contributed by atoms with E-state index in [-0.39, 0.29) is 21.4 Å². The van der Waals surface area contributed by atoms with Crippen molar-refractivity contribution >= 4 is 63.7 Å². The predicted octanol–water partition coefficient (Wildman–Crippen LogP) is 7.79. The molecule has 1 N–H and O–H groups in total. The minimum Gasteiger partial charge on any atom is -0.504 e. The molecule has 5 nitrogen and oxygen atoms in total. The van der Waals surface area contributed by atoms with Gasteiger partial charge in [0.1, 0.15) is 5.52 Å². The molecule has 0 spiro atoms. The maximum absolute atomic E-state index is 11.6. The van der Waals surface area contributed by atoms with Crippen molar-refractivity contribution in [2.24, 2.45) is 0 Å². The van der Waals surface area contributed by atoms with E-state index in [1.54, 1.807) is 30.4 Å². The Hall–Kier alpha value is -3.06. The second kappa shape index (κ2) is 9.20. The number of halogens is 2. The molecule has 32 heavy (non-hydrogen) atoms. The lowest BCUT2D eigenvalue weighted by Gasteiger charge is -2.06. The Morgan fingerprint density at radius 1 is 1.00 bits per heavy atom. The molecule has 0 amide bonds. The van der Waals surface area contributed by atoms with Gasteiger partial charge in [0.05, 0.1) is 25.6 Å². The zero-order valence-corrected chi connectivity index (χ0v) is 19.1.